The summed E-state index contributed by atoms with van der Waals surface area (Å²) < 4.78 is 5.79. The van der Waals surface area contributed by atoms with E-state index in [1.807, 2.05) is 48.5 Å². The number of rotatable bonds is 5. The van der Waals surface area contributed by atoms with Crippen molar-refractivity contribution in [1.29, 1.82) is 0 Å². The molecule has 4 heteroatoms. The molecule has 1 aromatic heterocycles. The topological polar surface area (TPSA) is 42.4 Å². The lowest BCUT2D eigenvalue weighted by atomic mass is 10.1. The highest BCUT2D eigenvalue weighted by molar-refractivity contribution is 6.30. The van der Waals surface area contributed by atoms with Crippen molar-refractivity contribution in [2.45, 2.75) is 13.0 Å². The fourth-order valence-corrected chi connectivity index (χ4v) is 2.51. The van der Waals surface area contributed by atoms with Gasteiger partial charge in [-0.15, -0.1) is 0 Å². The lowest BCUT2D eigenvalue weighted by Crippen LogP contribution is -1.96. The molecule has 2 aromatic carbocycles. The highest BCUT2D eigenvalue weighted by Crippen LogP contribution is 2.21. The molecule has 22 heavy (non-hydrogen) atoms. The predicted molar refractivity (Wildman–Crippen MR) is 88.3 cm³/mol. The first kappa shape index (κ1) is 14.8. The van der Waals surface area contributed by atoms with Gasteiger partial charge in [0, 0.05) is 29.3 Å². The second-order valence-corrected chi connectivity index (χ2v) is 5.53. The van der Waals surface area contributed by atoms with Crippen molar-refractivity contribution in [2.75, 3.05) is 6.61 Å². The Morgan fingerprint density at radius 1 is 1.05 bits per heavy atom. The minimum atomic E-state index is 0.133. The van der Waals surface area contributed by atoms with Crippen LogP contribution in [0, 0.1) is 0 Å². The number of pyridine rings is 1. The number of hydrogen-bond donors (Lipinski definition) is 1. The zero-order chi connectivity index (χ0) is 15.4. The summed E-state index contributed by atoms with van der Waals surface area (Å²) in [5.74, 6) is 0.773. The molecule has 3 nitrogen and oxygen atoms in total. The third kappa shape index (κ3) is 3.56. The summed E-state index contributed by atoms with van der Waals surface area (Å²) in [6, 6.07) is 15.5. The van der Waals surface area contributed by atoms with Gasteiger partial charge in [0.05, 0.1) is 5.52 Å². The summed E-state index contributed by atoms with van der Waals surface area (Å²) in [6.45, 7) is 0.600. The molecule has 0 aliphatic heterocycles. The summed E-state index contributed by atoms with van der Waals surface area (Å²) >= 11 is 5.96. The summed E-state index contributed by atoms with van der Waals surface area (Å²) in [6.07, 6.45) is 2.41. The van der Waals surface area contributed by atoms with Crippen LogP contribution in [0.5, 0.6) is 5.75 Å². The van der Waals surface area contributed by atoms with Gasteiger partial charge in [0.1, 0.15) is 12.4 Å². The molecule has 0 saturated carbocycles. The van der Waals surface area contributed by atoms with Crippen molar-refractivity contribution in [3.05, 3.63) is 70.9 Å². The number of aromatic nitrogens is 1. The normalized spacial score (nSPS) is 10.8. The first-order valence-electron chi connectivity index (χ1n) is 7.11. The Labute approximate surface area is 134 Å². The summed E-state index contributed by atoms with van der Waals surface area (Å²) in [7, 11) is 0. The largest absolute Gasteiger partial charge is 0.489 e. The fourth-order valence-electron chi connectivity index (χ4n) is 2.30. The lowest BCUT2D eigenvalue weighted by molar-refractivity contribution is 0.299. The monoisotopic (exact) mass is 313 g/mol. The molecule has 0 spiro atoms. The van der Waals surface area contributed by atoms with Crippen molar-refractivity contribution in [1.82, 2.24) is 4.98 Å². The molecule has 0 radical (unpaired) electrons. The van der Waals surface area contributed by atoms with Crippen LogP contribution in [0.25, 0.3) is 10.9 Å². The van der Waals surface area contributed by atoms with E-state index in [-0.39, 0.29) is 6.61 Å². The van der Waals surface area contributed by atoms with Gasteiger partial charge in [-0.3, -0.25) is 4.98 Å². The van der Waals surface area contributed by atoms with Gasteiger partial charge in [-0.05, 0) is 47.9 Å². The van der Waals surface area contributed by atoms with Gasteiger partial charge in [0.25, 0.3) is 0 Å². The van der Waals surface area contributed by atoms with Crippen molar-refractivity contribution in [3.8, 4) is 5.75 Å². The molecule has 3 aromatic rings. The van der Waals surface area contributed by atoms with Gasteiger partial charge >= 0.3 is 0 Å². The van der Waals surface area contributed by atoms with E-state index < -0.39 is 0 Å². The highest BCUT2D eigenvalue weighted by atomic mass is 35.5. The Morgan fingerprint density at radius 3 is 2.77 bits per heavy atom. The van der Waals surface area contributed by atoms with E-state index in [2.05, 4.69) is 4.98 Å². The van der Waals surface area contributed by atoms with E-state index in [1.165, 1.54) is 0 Å². The number of nitrogens with zero attached hydrogens (tertiary/aromatic N) is 1. The van der Waals surface area contributed by atoms with Crippen LogP contribution in [0.15, 0.2) is 54.7 Å². The molecular weight excluding hydrogens is 298 g/mol. The van der Waals surface area contributed by atoms with Gasteiger partial charge in [-0.2, -0.15) is 0 Å². The van der Waals surface area contributed by atoms with E-state index in [0.29, 0.717) is 18.1 Å². The molecule has 0 fully saturated rings. The predicted octanol–water partition coefficient (Wildman–Crippen LogP) is 4.00. The second kappa shape index (κ2) is 6.77. The molecule has 3 rings (SSSR count). The van der Waals surface area contributed by atoms with Gasteiger partial charge < -0.3 is 9.84 Å². The Morgan fingerprint density at radius 2 is 1.95 bits per heavy atom. The van der Waals surface area contributed by atoms with Crippen LogP contribution < -0.4 is 4.74 Å². The van der Waals surface area contributed by atoms with Crippen LogP contribution in [-0.4, -0.2) is 16.7 Å². The third-order valence-electron chi connectivity index (χ3n) is 3.41. The van der Waals surface area contributed by atoms with Crippen LogP contribution in [0.2, 0.25) is 5.02 Å². The zero-order valence-electron chi connectivity index (χ0n) is 12.0. The van der Waals surface area contributed by atoms with Gasteiger partial charge in [0.2, 0.25) is 0 Å². The van der Waals surface area contributed by atoms with E-state index in [0.717, 1.165) is 27.8 Å². The maximum atomic E-state index is 8.98. The third-order valence-corrected chi connectivity index (χ3v) is 3.64. The van der Waals surface area contributed by atoms with E-state index in [9.17, 15) is 0 Å². The molecule has 0 unspecified atom stereocenters. The Kier molecular flexibility index (Phi) is 4.56. The van der Waals surface area contributed by atoms with Crippen LogP contribution >= 0.6 is 11.6 Å². The zero-order valence-corrected chi connectivity index (χ0v) is 12.8. The molecule has 0 aliphatic rings. The lowest BCUT2D eigenvalue weighted by Gasteiger charge is -2.08. The summed E-state index contributed by atoms with van der Waals surface area (Å²) in [4.78, 5) is 4.42. The summed E-state index contributed by atoms with van der Waals surface area (Å²) in [5, 5.41) is 10.7. The number of aliphatic hydroxyl groups excluding tert-OH is 1. The Hall–Kier alpha value is -2.10. The van der Waals surface area contributed by atoms with E-state index in [1.54, 1.807) is 6.20 Å². The second-order valence-electron chi connectivity index (χ2n) is 5.09. The summed E-state index contributed by atoms with van der Waals surface area (Å²) in [5.41, 5.74) is 2.94. The molecule has 0 aliphatic carbocycles. The molecule has 0 bridgehead atoms. The first-order chi connectivity index (χ1) is 10.7. The quantitative estimate of drug-likeness (QED) is 0.774. The van der Waals surface area contributed by atoms with Crippen LogP contribution in [0.4, 0.5) is 0 Å². The van der Waals surface area contributed by atoms with E-state index >= 15 is 0 Å². The average Bonchev–Trinajstić information content (AvgIpc) is 2.53. The molecule has 1 N–H and O–H groups in total. The van der Waals surface area contributed by atoms with Crippen molar-refractivity contribution in [3.63, 3.8) is 0 Å². The molecular formula is C18H16ClNO2. The van der Waals surface area contributed by atoms with Crippen molar-refractivity contribution >= 4 is 22.5 Å². The minimum Gasteiger partial charge on any atom is -0.489 e. The first-order valence-corrected chi connectivity index (χ1v) is 7.49. The minimum absolute atomic E-state index is 0.133. The molecule has 112 valence electrons. The van der Waals surface area contributed by atoms with Crippen LogP contribution in [0.3, 0.4) is 0 Å². The van der Waals surface area contributed by atoms with E-state index in [4.69, 9.17) is 21.4 Å². The maximum absolute atomic E-state index is 8.98. The highest BCUT2D eigenvalue weighted by Gasteiger charge is 2.02. The smallest absolute Gasteiger partial charge is 0.122 e. The molecule has 1 heterocycles. The number of fused-ring (bicyclic) bond motifs is 1. The number of aliphatic hydroxyl groups is 1. The SMILES string of the molecule is OCCc1cnc2cc(OCc3cccc(Cl)c3)ccc2c1. The van der Waals surface area contributed by atoms with Crippen molar-refractivity contribution in [2.24, 2.45) is 0 Å². The Balaban J connectivity index is 1.76. The fraction of sp³-hybridized carbons (Fsp3) is 0.167. The maximum Gasteiger partial charge on any atom is 0.122 e. The number of hydrogen-bond acceptors (Lipinski definition) is 3. The Bertz CT molecular complexity index is 789. The van der Waals surface area contributed by atoms with Gasteiger partial charge in [-0.1, -0.05) is 23.7 Å². The standard InChI is InChI=1S/C18H16ClNO2/c19-16-3-1-2-14(9-16)12-22-17-5-4-15-8-13(6-7-21)11-20-18(15)10-17/h1-5,8-11,21H,6-7,12H2. The average molecular weight is 314 g/mol. The number of ether oxygens (including phenoxy) is 1. The molecule has 0 saturated heterocycles. The number of halogens is 1. The molecule has 0 amide bonds. The van der Waals surface area contributed by atoms with Crippen LogP contribution in [-0.2, 0) is 13.0 Å². The molecule has 0 atom stereocenters. The number of benzene rings is 2. The van der Waals surface area contributed by atoms with Gasteiger partial charge in [0.15, 0.2) is 0 Å². The van der Waals surface area contributed by atoms with Crippen LogP contribution in [0.1, 0.15) is 11.1 Å². The van der Waals surface area contributed by atoms with Crippen molar-refractivity contribution < 1.29 is 9.84 Å². The van der Waals surface area contributed by atoms with Gasteiger partial charge in [-0.25, -0.2) is 0 Å².